The second-order valence-corrected chi connectivity index (χ2v) is 25.6. The van der Waals surface area contributed by atoms with Crippen molar-refractivity contribution in [3.05, 3.63) is 114 Å². The van der Waals surface area contributed by atoms with E-state index in [0.717, 1.165) is 21.7 Å². The number of phenolic OH excluding ortho intramolecular Hbond substituents is 1. The van der Waals surface area contributed by atoms with Crippen LogP contribution < -0.4 is 15.9 Å². The van der Waals surface area contributed by atoms with Gasteiger partial charge in [-0.1, -0.05) is 120 Å². The normalized spacial score (nSPS) is 12.1. The monoisotopic (exact) mass is 704 g/mol. The van der Waals surface area contributed by atoms with E-state index in [1.165, 1.54) is 0 Å². The zero-order valence-electron chi connectivity index (χ0n) is 24.2. The van der Waals surface area contributed by atoms with Gasteiger partial charge < -0.3 is 9.67 Å². The van der Waals surface area contributed by atoms with Crippen LogP contribution >= 0.6 is 32.7 Å². The van der Waals surface area contributed by atoms with Gasteiger partial charge in [0.15, 0.2) is 7.14 Å². The summed E-state index contributed by atoms with van der Waals surface area (Å²) in [6, 6.07) is 30.9. The summed E-state index contributed by atoms with van der Waals surface area (Å²) >= 11 is -2.13. The van der Waals surface area contributed by atoms with Gasteiger partial charge in [-0.25, -0.2) is 0 Å². The predicted octanol–water partition coefficient (Wildman–Crippen LogP) is 9.44. The molecular weight excluding hydrogens is 671 g/mol. The van der Waals surface area contributed by atoms with Crippen molar-refractivity contribution < 1.29 is 27.8 Å². The van der Waals surface area contributed by atoms with E-state index in [1.54, 1.807) is 6.21 Å². The molecule has 0 aliphatic carbocycles. The first-order valence-corrected chi connectivity index (χ1v) is 24.4. The molecule has 0 heterocycles. The zero-order chi connectivity index (χ0) is 30.4. The predicted molar refractivity (Wildman–Crippen MR) is 176 cm³/mol. The maximum atomic E-state index is 15.0. The molecule has 0 fully saturated rings. The number of halogens is 3. The van der Waals surface area contributed by atoms with E-state index in [-0.39, 0.29) is 16.6 Å². The minimum atomic E-state index is -3.20. The quantitative estimate of drug-likeness (QED) is 0.166. The fourth-order valence-corrected chi connectivity index (χ4v) is 7.23. The molecule has 4 aromatic carbocycles. The van der Waals surface area contributed by atoms with Gasteiger partial charge in [-0.05, 0) is 34.6 Å². The van der Waals surface area contributed by atoms with Crippen molar-refractivity contribution in [2.24, 2.45) is 4.99 Å². The number of aromatic hydroxyl groups is 1. The van der Waals surface area contributed by atoms with Gasteiger partial charge in [-0.15, -0.1) is 0 Å². The number of hydrogen-bond acceptors (Lipinski definition) is 3. The molecule has 4 rings (SSSR count). The third-order valence-corrected chi connectivity index (χ3v) is 9.72. The van der Waals surface area contributed by atoms with E-state index >= 15 is 0 Å². The molecule has 0 aliphatic heterocycles. The molecule has 0 aromatic heterocycles. The molecule has 8 heteroatoms. The standard InChI is InChI=1S/C33H36NO2P.3ClH.Zr/c1-32(2,3)25-21-24(31(35)28(22-25)33(4,5)6)23-34-29-19-13-14-20-30(29)37(36,26-15-9-7-10-16-26)27-17-11-8-12-18-27;;;;/h7-23,35H,1-6H3;3*1H;/q;;;;+3/p-3. The molecule has 0 spiro atoms. The number of hydrogen-bond donors (Lipinski definition) is 1. The summed E-state index contributed by atoms with van der Waals surface area (Å²) in [6.07, 6.45) is 1.71. The Bertz CT molecular complexity index is 1480. The van der Waals surface area contributed by atoms with Crippen molar-refractivity contribution in [3.63, 3.8) is 0 Å². The van der Waals surface area contributed by atoms with Crippen molar-refractivity contribution in [2.75, 3.05) is 0 Å². The molecule has 215 valence electrons. The van der Waals surface area contributed by atoms with Crippen molar-refractivity contribution in [1.29, 1.82) is 0 Å². The summed E-state index contributed by atoms with van der Waals surface area (Å²) in [5.74, 6) is 0.232. The second-order valence-electron chi connectivity index (χ2n) is 11.7. The van der Waals surface area contributed by atoms with Gasteiger partial charge in [-0.2, -0.15) is 0 Å². The molecule has 0 saturated carbocycles. The van der Waals surface area contributed by atoms with Gasteiger partial charge in [0.2, 0.25) is 0 Å². The molecule has 4 aromatic rings. The summed E-state index contributed by atoms with van der Waals surface area (Å²) in [4.78, 5) is 4.84. The molecule has 0 saturated heterocycles. The molecule has 0 aliphatic rings. The Hall–Kier alpha value is -1.67. The van der Waals surface area contributed by atoms with E-state index in [2.05, 4.69) is 47.6 Å². The topological polar surface area (TPSA) is 49.7 Å². The molecule has 0 radical (unpaired) electrons. The number of nitrogens with zero attached hydrogens (tertiary/aromatic N) is 1. The number of phenols is 1. The van der Waals surface area contributed by atoms with Crippen LogP contribution in [0.3, 0.4) is 0 Å². The van der Waals surface area contributed by atoms with Crippen molar-refractivity contribution in [1.82, 2.24) is 0 Å². The number of rotatable bonds is 5. The van der Waals surface area contributed by atoms with Crippen LogP contribution in [0.25, 0.3) is 0 Å². The zero-order valence-corrected chi connectivity index (χ0v) is 29.8. The third kappa shape index (κ3) is 8.68. The number of benzene rings is 4. The number of aliphatic imine (C=N–C) groups is 1. The average molecular weight is 707 g/mol. The van der Waals surface area contributed by atoms with E-state index in [9.17, 15) is 9.67 Å². The SMILES string of the molecule is CC(C)(C)c1cc(C=Nc2ccccc2P(=O)(c2ccccc2)c2ccccc2)c(O)c(C(C)(C)C)c1.[Cl][Zr]([Cl])[Cl]. The third-order valence-electron chi connectivity index (χ3n) is 6.62. The van der Waals surface area contributed by atoms with Crippen LogP contribution in [-0.2, 0) is 33.6 Å². The summed E-state index contributed by atoms with van der Waals surface area (Å²) in [7, 11) is 11.8. The first-order valence-electron chi connectivity index (χ1n) is 13.2. The van der Waals surface area contributed by atoms with Crippen LogP contribution in [0, 0.1) is 0 Å². The van der Waals surface area contributed by atoms with Crippen LogP contribution in [-0.4, -0.2) is 11.3 Å². The first kappa shape index (κ1) is 33.8. The molecule has 41 heavy (non-hydrogen) atoms. The summed E-state index contributed by atoms with van der Waals surface area (Å²) < 4.78 is 15.0. The Kier molecular flexibility index (Phi) is 11.7. The van der Waals surface area contributed by atoms with Crippen LogP contribution in [0.15, 0.2) is 102 Å². The molecule has 0 atom stereocenters. The summed E-state index contributed by atoms with van der Waals surface area (Å²) in [5, 5.41) is 13.4. The first-order chi connectivity index (χ1) is 19.2. The van der Waals surface area contributed by atoms with Gasteiger partial charge in [0.25, 0.3) is 0 Å². The Balaban J connectivity index is 0.00000108. The van der Waals surface area contributed by atoms with Crippen molar-refractivity contribution in [3.8, 4) is 5.75 Å². The van der Waals surface area contributed by atoms with Crippen molar-refractivity contribution >= 4 is 60.5 Å². The maximum absolute atomic E-state index is 15.0. The Labute approximate surface area is 263 Å². The van der Waals surface area contributed by atoms with E-state index in [1.807, 2.05) is 91.0 Å². The fourth-order valence-electron chi connectivity index (χ4n) is 4.44. The molecular formula is C33H36Cl3NO2PZr. The van der Waals surface area contributed by atoms with Gasteiger partial charge in [-0.3, -0.25) is 4.99 Å². The van der Waals surface area contributed by atoms with Crippen LogP contribution in [0.1, 0.15) is 58.2 Å². The Morgan fingerprint density at radius 3 is 1.66 bits per heavy atom. The van der Waals surface area contributed by atoms with Gasteiger partial charge >= 0.3 is 43.7 Å². The van der Waals surface area contributed by atoms with E-state index in [0.29, 0.717) is 16.6 Å². The van der Waals surface area contributed by atoms with Gasteiger partial charge in [0.05, 0.1) is 5.69 Å². The molecule has 3 nitrogen and oxygen atoms in total. The van der Waals surface area contributed by atoms with Crippen molar-refractivity contribution in [2.45, 2.75) is 52.4 Å². The fraction of sp³-hybridized carbons (Fsp3) is 0.242. The molecule has 0 unspecified atom stereocenters. The molecule has 0 amide bonds. The van der Waals surface area contributed by atoms with E-state index < -0.39 is 25.3 Å². The van der Waals surface area contributed by atoms with E-state index in [4.69, 9.17) is 30.5 Å². The average Bonchev–Trinajstić information content (AvgIpc) is 2.91. The molecule has 0 bridgehead atoms. The Morgan fingerprint density at radius 2 is 1.20 bits per heavy atom. The van der Waals surface area contributed by atoms with Crippen LogP contribution in [0.4, 0.5) is 5.69 Å². The second kappa shape index (κ2) is 14.2. The van der Waals surface area contributed by atoms with Gasteiger partial charge in [0, 0.05) is 33.3 Å². The number of para-hydroxylation sites is 1. The Morgan fingerprint density at radius 1 is 0.732 bits per heavy atom. The molecule has 1 N–H and O–H groups in total. The van der Waals surface area contributed by atoms with Crippen LogP contribution in [0.2, 0.25) is 0 Å². The summed E-state index contributed by atoms with van der Waals surface area (Å²) in [5.41, 5.74) is 2.96. The van der Waals surface area contributed by atoms with Crippen LogP contribution in [0.5, 0.6) is 5.75 Å². The minimum absolute atomic E-state index is 0.0927. The summed E-state index contributed by atoms with van der Waals surface area (Å²) in [6.45, 7) is 12.8. The van der Waals surface area contributed by atoms with Gasteiger partial charge in [0.1, 0.15) is 5.75 Å².